The van der Waals surface area contributed by atoms with E-state index in [0.29, 0.717) is 12.4 Å². The van der Waals surface area contributed by atoms with E-state index in [9.17, 15) is 9.18 Å². The molecular weight excluding hydrogens is 261 g/mol. The van der Waals surface area contributed by atoms with Crippen molar-refractivity contribution in [2.24, 2.45) is 0 Å². The van der Waals surface area contributed by atoms with Crippen molar-refractivity contribution in [2.45, 2.75) is 19.3 Å². The monoisotopic (exact) mass is 282 g/mol. The van der Waals surface area contributed by atoms with E-state index in [1.54, 1.807) is 0 Å². The van der Waals surface area contributed by atoms with Crippen LogP contribution in [0.1, 0.15) is 19.3 Å². The molecule has 4 nitrogen and oxygen atoms in total. The second kappa shape index (κ2) is 7.85. The Balaban J connectivity index is 1.59. The van der Waals surface area contributed by atoms with Gasteiger partial charge in [-0.15, -0.1) is 0 Å². The molecule has 20 heavy (non-hydrogen) atoms. The lowest BCUT2D eigenvalue weighted by Gasteiger charge is -2.23. The third kappa shape index (κ3) is 5.17. The number of carbonyl (C=O) groups excluding carboxylic acids is 1. The number of quaternary nitrogens is 1. The van der Waals surface area contributed by atoms with Crippen molar-refractivity contribution in [1.82, 2.24) is 0 Å². The summed E-state index contributed by atoms with van der Waals surface area (Å²) < 4.78 is 23.0. The summed E-state index contributed by atoms with van der Waals surface area (Å²) in [4.78, 5) is 13.0. The molecule has 0 aliphatic carbocycles. The Kier molecular flexibility index (Phi) is 5.80. The molecule has 1 fully saturated rings. The molecule has 110 valence electrons. The number of likely N-dealkylation sites (tertiary alicyclic amines) is 1. The maximum Gasteiger partial charge on any atom is 0.344 e. The lowest BCUT2D eigenvalue weighted by molar-refractivity contribution is -0.905. The number of piperidine rings is 1. The molecule has 0 bridgehead atoms. The van der Waals surface area contributed by atoms with E-state index in [-0.39, 0.29) is 18.4 Å². The first-order chi connectivity index (χ1) is 9.74. The van der Waals surface area contributed by atoms with Gasteiger partial charge in [0.2, 0.25) is 0 Å². The fraction of sp³-hybridized carbons (Fsp3) is 0.533. The van der Waals surface area contributed by atoms with Gasteiger partial charge >= 0.3 is 5.97 Å². The molecule has 0 saturated carbocycles. The predicted octanol–water partition coefficient (Wildman–Crippen LogP) is 0.816. The van der Waals surface area contributed by atoms with Gasteiger partial charge in [0.05, 0.1) is 13.1 Å². The standard InChI is InChI=1S/C15H20FNO3/c16-13-4-6-14(7-5-13)20-12-15(18)19-11-10-17-8-2-1-3-9-17/h4-7H,1-3,8-12H2/p+1. The molecular formula is C15H21FNO3+. The highest BCUT2D eigenvalue weighted by atomic mass is 19.1. The maximum atomic E-state index is 12.7. The van der Waals surface area contributed by atoms with Crippen LogP contribution < -0.4 is 9.64 Å². The Bertz CT molecular complexity index is 416. The van der Waals surface area contributed by atoms with Crippen molar-refractivity contribution < 1.29 is 23.6 Å². The molecule has 0 radical (unpaired) electrons. The quantitative estimate of drug-likeness (QED) is 0.785. The van der Waals surface area contributed by atoms with Gasteiger partial charge in [-0.2, -0.15) is 0 Å². The van der Waals surface area contributed by atoms with Crippen LogP contribution in [0.25, 0.3) is 0 Å². The summed E-state index contributed by atoms with van der Waals surface area (Å²) in [5, 5.41) is 0. The molecule has 5 heteroatoms. The molecule has 0 amide bonds. The van der Waals surface area contributed by atoms with Crippen LogP contribution in [-0.2, 0) is 9.53 Å². The smallest absolute Gasteiger partial charge is 0.344 e. The number of hydrogen-bond donors (Lipinski definition) is 1. The number of carbonyl (C=O) groups is 1. The zero-order chi connectivity index (χ0) is 14.2. The zero-order valence-electron chi connectivity index (χ0n) is 11.6. The molecule has 0 unspecified atom stereocenters. The van der Waals surface area contributed by atoms with E-state index >= 15 is 0 Å². The van der Waals surface area contributed by atoms with Gasteiger partial charge in [-0.3, -0.25) is 0 Å². The lowest BCUT2D eigenvalue weighted by atomic mass is 10.1. The summed E-state index contributed by atoms with van der Waals surface area (Å²) in [5.41, 5.74) is 0. The molecule has 1 aromatic carbocycles. The van der Waals surface area contributed by atoms with Gasteiger partial charge in [0, 0.05) is 0 Å². The molecule has 1 aliphatic rings. The van der Waals surface area contributed by atoms with Gasteiger partial charge in [-0.05, 0) is 43.5 Å². The molecule has 0 aromatic heterocycles. The zero-order valence-corrected chi connectivity index (χ0v) is 11.6. The largest absolute Gasteiger partial charge is 0.482 e. The van der Waals surface area contributed by atoms with Crippen molar-refractivity contribution in [3.63, 3.8) is 0 Å². The average molecular weight is 282 g/mol. The second-order valence-corrected chi connectivity index (χ2v) is 5.02. The van der Waals surface area contributed by atoms with E-state index < -0.39 is 0 Å². The minimum atomic E-state index is -0.384. The van der Waals surface area contributed by atoms with Crippen molar-refractivity contribution in [2.75, 3.05) is 32.8 Å². The summed E-state index contributed by atoms with van der Waals surface area (Å²) >= 11 is 0. The number of rotatable bonds is 6. The Morgan fingerprint density at radius 1 is 1.15 bits per heavy atom. The predicted molar refractivity (Wildman–Crippen MR) is 72.3 cm³/mol. The third-order valence-corrected chi connectivity index (χ3v) is 3.45. The lowest BCUT2D eigenvalue weighted by Crippen LogP contribution is -3.13. The third-order valence-electron chi connectivity index (χ3n) is 3.45. The van der Waals surface area contributed by atoms with Crippen LogP contribution in [0.2, 0.25) is 0 Å². The molecule has 1 N–H and O–H groups in total. The average Bonchev–Trinajstić information content (AvgIpc) is 2.48. The second-order valence-electron chi connectivity index (χ2n) is 5.02. The van der Waals surface area contributed by atoms with Crippen LogP contribution in [0.3, 0.4) is 0 Å². The maximum absolute atomic E-state index is 12.7. The molecule has 1 heterocycles. The number of nitrogens with one attached hydrogen (secondary N) is 1. The normalized spacial score (nSPS) is 15.8. The fourth-order valence-corrected chi connectivity index (χ4v) is 2.33. The van der Waals surface area contributed by atoms with E-state index in [0.717, 1.165) is 6.54 Å². The highest BCUT2D eigenvalue weighted by molar-refractivity contribution is 5.71. The summed E-state index contributed by atoms with van der Waals surface area (Å²) in [6, 6.07) is 5.56. The van der Waals surface area contributed by atoms with E-state index in [2.05, 4.69) is 0 Å². The van der Waals surface area contributed by atoms with Crippen molar-refractivity contribution in [3.05, 3.63) is 30.1 Å². The van der Waals surface area contributed by atoms with Crippen LogP contribution in [0.5, 0.6) is 5.75 Å². The molecule has 1 aromatic rings. The Labute approximate surface area is 118 Å². The molecule has 1 saturated heterocycles. The van der Waals surface area contributed by atoms with E-state index in [4.69, 9.17) is 9.47 Å². The van der Waals surface area contributed by atoms with Crippen molar-refractivity contribution >= 4 is 5.97 Å². The minimum Gasteiger partial charge on any atom is -0.482 e. The number of ether oxygens (including phenoxy) is 2. The van der Waals surface area contributed by atoms with Gasteiger partial charge in [-0.25, -0.2) is 9.18 Å². The minimum absolute atomic E-state index is 0.138. The summed E-state index contributed by atoms with van der Waals surface area (Å²) in [7, 11) is 0. The first-order valence-electron chi connectivity index (χ1n) is 7.11. The Hall–Kier alpha value is -1.62. The van der Waals surface area contributed by atoms with Gasteiger partial charge in [0.1, 0.15) is 24.7 Å². The first-order valence-corrected chi connectivity index (χ1v) is 7.11. The van der Waals surface area contributed by atoms with Gasteiger partial charge in [0.25, 0.3) is 0 Å². The highest BCUT2D eigenvalue weighted by Crippen LogP contribution is 2.10. The van der Waals surface area contributed by atoms with Crippen LogP contribution in [-0.4, -0.2) is 38.8 Å². The first kappa shape index (κ1) is 14.8. The molecule has 2 rings (SSSR count). The van der Waals surface area contributed by atoms with Gasteiger partial charge in [0.15, 0.2) is 6.61 Å². The number of hydrogen-bond acceptors (Lipinski definition) is 3. The Morgan fingerprint density at radius 3 is 2.55 bits per heavy atom. The van der Waals surface area contributed by atoms with Crippen LogP contribution >= 0.6 is 0 Å². The van der Waals surface area contributed by atoms with Crippen molar-refractivity contribution in [1.29, 1.82) is 0 Å². The summed E-state index contributed by atoms with van der Waals surface area (Å²) in [6.07, 6.45) is 3.84. The van der Waals surface area contributed by atoms with Gasteiger partial charge in [-0.1, -0.05) is 0 Å². The molecule has 0 spiro atoms. The topological polar surface area (TPSA) is 40.0 Å². The summed E-state index contributed by atoms with van der Waals surface area (Å²) in [5.74, 6) is -0.250. The highest BCUT2D eigenvalue weighted by Gasteiger charge is 2.14. The summed E-state index contributed by atoms with van der Waals surface area (Å²) in [6.45, 7) is 3.50. The Morgan fingerprint density at radius 2 is 1.85 bits per heavy atom. The molecule has 0 atom stereocenters. The number of halogens is 1. The SMILES string of the molecule is O=C(COc1ccc(F)cc1)OCC[NH+]1CCCCC1. The van der Waals surface area contributed by atoms with Crippen LogP contribution in [0.15, 0.2) is 24.3 Å². The van der Waals surface area contributed by atoms with Crippen LogP contribution in [0, 0.1) is 5.82 Å². The van der Waals surface area contributed by atoms with E-state index in [1.165, 1.54) is 61.5 Å². The van der Waals surface area contributed by atoms with Crippen LogP contribution in [0.4, 0.5) is 4.39 Å². The van der Waals surface area contributed by atoms with Gasteiger partial charge < -0.3 is 14.4 Å². The van der Waals surface area contributed by atoms with E-state index in [1.807, 2.05) is 0 Å². The number of benzene rings is 1. The van der Waals surface area contributed by atoms with Crippen molar-refractivity contribution in [3.8, 4) is 5.75 Å². The molecule has 1 aliphatic heterocycles. The number of esters is 1. The fourth-order valence-electron chi connectivity index (χ4n) is 2.33.